The molecule has 5 heteroatoms. The molecule has 0 aromatic heterocycles. The Hall–Kier alpha value is -2.37. The molecule has 2 aliphatic rings. The monoisotopic (exact) mass is 395 g/mol. The van der Waals surface area contributed by atoms with Crippen molar-refractivity contribution in [2.75, 3.05) is 25.1 Å². The highest BCUT2D eigenvalue weighted by Gasteiger charge is 2.46. The average Bonchev–Trinajstić information content (AvgIpc) is 2.76. The van der Waals surface area contributed by atoms with Crippen LogP contribution in [-0.4, -0.2) is 31.5 Å². The predicted octanol–water partition coefficient (Wildman–Crippen LogP) is 5.06. The molecule has 1 aliphatic carbocycles. The van der Waals surface area contributed by atoms with Gasteiger partial charge in [-0.3, -0.25) is 4.79 Å². The Bertz CT molecular complexity index is 891. The summed E-state index contributed by atoms with van der Waals surface area (Å²) in [6, 6.07) is 11.7. The number of carbonyl (C=O) groups is 1. The highest BCUT2D eigenvalue weighted by atomic mass is 16.7. The van der Waals surface area contributed by atoms with Gasteiger partial charge in [0.2, 0.25) is 5.91 Å². The lowest BCUT2D eigenvalue weighted by Crippen LogP contribution is -2.53. The van der Waals surface area contributed by atoms with Crippen LogP contribution in [0.2, 0.25) is 0 Å². The Kier molecular flexibility index (Phi) is 5.61. The molecule has 1 amide bonds. The molecule has 0 bridgehead atoms. The van der Waals surface area contributed by atoms with Crippen molar-refractivity contribution in [3.8, 4) is 5.75 Å². The van der Waals surface area contributed by atoms with Crippen LogP contribution in [0.25, 0.3) is 10.8 Å². The van der Waals surface area contributed by atoms with E-state index in [1.165, 1.54) is 6.42 Å². The molecule has 2 aromatic rings. The summed E-state index contributed by atoms with van der Waals surface area (Å²) in [5, 5.41) is 4.99. The van der Waals surface area contributed by atoms with Crippen molar-refractivity contribution in [2.24, 2.45) is 5.41 Å². The van der Waals surface area contributed by atoms with Gasteiger partial charge in [0.25, 0.3) is 0 Å². The maximum absolute atomic E-state index is 13.1. The normalized spacial score (nSPS) is 20.3. The molecule has 2 fully saturated rings. The summed E-state index contributed by atoms with van der Waals surface area (Å²) in [4.78, 5) is 13.1. The zero-order valence-corrected chi connectivity index (χ0v) is 17.0. The quantitative estimate of drug-likeness (QED) is 0.719. The molecule has 2 aromatic carbocycles. The van der Waals surface area contributed by atoms with Gasteiger partial charge in [0.15, 0.2) is 5.79 Å². The summed E-state index contributed by atoms with van der Waals surface area (Å²) in [5.41, 5.74) is 0.0395. The fourth-order valence-electron chi connectivity index (χ4n) is 4.10. The van der Waals surface area contributed by atoms with E-state index in [0.717, 1.165) is 47.9 Å². The van der Waals surface area contributed by atoms with Crippen LogP contribution >= 0.6 is 0 Å². The van der Waals surface area contributed by atoms with E-state index in [4.69, 9.17) is 14.2 Å². The van der Waals surface area contributed by atoms with Crippen LogP contribution in [-0.2, 0) is 14.3 Å². The summed E-state index contributed by atoms with van der Waals surface area (Å²) < 4.78 is 18.0. The second kappa shape index (κ2) is 8.17. The van der Waals surface area contributed by atoms with Crippen LogP contribution in [0, 0.1) is 5.41 Å². The third kappa shape index (κ3) is 4.02. The van der Waals surface area contributed by atoms with E-state index >= 15 is 0 Å². The molecular formula is C24H29NO4. The largest absolute Gasteiger partial charge is 0.489 e. The van der Waals surface area contributed by atoms with E-state index in [-0.39, 0.29) is 5.91 Å². The van der Waals surface area contributed by atoms with Crippen molar-refractivity contribution >= 4 is 22.4 Å². The number of rotatable bonds is 5. The van der Waals surface area contributed by atoms with Crippen molar-refractivity contribution in [3.05, 3.63) is 49.1 Å². The Morgan fingerprint density at radius 3 is 2.48 bits per heavy atom. The first-order valence-electron chi connectivity index (χ1n) is 10.4. The lowest BCUT2D eigenvalue weighted by molar-refractivity contribution is -0.306. The third-order valence-corrected chi connectivity index (χ3v) is 5.96. The second-order valence-corrected chi connectivity index (χ2v) is 8.32. The number of hydrogen-bond acceptors (Lipinski definition) is 4. The van der Waals surface area contributed by atoms with Crippen molar-refractivity contribution < 1.29 is 19.0 Å². The van der Waals surface area contributed by atoms with Crippen molar-refractivity contribution in [1.29, 1.82) is 0 Å². The molecule has 154 valence electrons. The number of anilines is 1. The van der Waals surface area contributed by atoms with Gasteiger partial charge >= 0.3 is 0 Å². The lowest BCUT2D eigenvalue weighted by Gasteiger charge is -2.45. The molecule has 0 unspecified atom stereocenters. The van der Waals surface area contributed by atoms with E-state index in [1.54, 1.807) is 6.08 Å². The minimum atomic E-state index is -0.720. The maximum Gasteiger partial charge on any atom is 0.235 e. The average molecular weight is 395 g/mol. The van der Waals surface area contributed by atoms with E-state index < -0.39 is 11.2 Å². The van der Waals surface area contributed by atoms with E-state index in [9.17, 15) is 4.79 Å². The zero-order valence-electron chi connectivity index (χ0n) is 17.0. The van der Waals surface area contributed by atoms with Crippen LogP contribution in [0.5, 0.6) is 5.75 Å². The minimum Gasteiger partial charge on any atom is -0.489 e. The molecule has 1 aliphatic heterocycles. The lowest BCUT2D eigenvalue weighted by atomic mass is 9.87. The van der Waals surface area contributed by atoms with Gasteiger partial charge in [-0.15, -0.1) is 0 Å². The molecule has 5 nitrogen and oxygen atoms in total. The van der Waals surface area contributed by atoms with Gasteiger partial charge in [0.05, 0.1) is 18.6 Å². The third-order valence-electron chi connectivity index (χ3n) is 5.96. The molecular weight excluding hydrogens is 366 g/mol. The molecule has 1 saturated heterocycles. The Balaban J connectivity index is 1.51. The summed E-state index contributed by atoms with van der Waals surface area (Å²) >= 11 is 0. The molecule has 1 N–H and O–H groups in total. The first kappa shape index (κ1) is 19.9. The van der Waals surface area contributed by atoms with Gasteiger partial charge in [0.1, 0.15) is 12.4 Å². The van der Waals surface area contributed by atoms with Gasteiger partial charge in [-0.05, 0) is 31.9 Å². The Morgan fingerprint density at radius 2 is 1.79 bits per heavy atom. The molecule has 0 atom stereocenters. The molecule has 0 radical (unpaired) electrons. The number of ether oxygens (including phenoxy) is 3. The minimum absolute atomic E-state index is 0.0897. The standard InChI is InChI=1S/C24H29NO4/c1-3-15-27-21-12-11-20(18-9-5-6-10-19(18)21)25-22(26)23(2)16-28-24(29-17-23)13-7-4-8-14-24/h3,5-6,9-12H,1,4,7-8,13-17H2,2H3,(H,25,26). The Labute approximate surface area is 172 Å². The number of carbonyl (C=O) groups excluding carboxylic acids is 1. The SMILES string of the molecule is C=CCOc1ccc(NC(=O)C2(C)COC3(CCCCC3)OC2)c2ccccc12. The van der Waals surface area contributed by atoms with Crippen LogP contribution < -0.4 is 10.1 Å². The number of benzene rings is 2. The summed E-state index contributed by atoms with van der Waals surface area (Å²) in [5.74, 6) is 0.205. The highest BCUT2D eigenvalue weighted by Crippen LogP contribution is 2.40. The van der Waals surface area contributed by atoms with Gasteiger partial charge < -0.3 is 19.5 Å². The van der Waals surface area contributed by atoms with Crippen molar-refractivity contribution in [3.63, 3.8) is 0 Å². The van der Waals surface area contributed by atoms with Gasteiger partial charge in [-0.25, -0.2) is 0 Å². The smallest absolute Gasteiger partial charge is 0.235 e. The van der Waals surface area contributed by atoms with Gasteiger partial charge in [0, 0.05) is 29.3 Å². The molecule has 1 heterocycles. The van der Waals surface area contributed by atoms with Crippen LogP contribution in [0.3, 0.4) is 0 Å². The summed E-state index contributed by atoms with van der Waals surface area (Å²) in [6.07, 6.45) is 7.02. The van der Waals surface area contributed by atoms with E-state index in [2.05, 4.69) is 11.9 Å². The maximum atomic E-state index is 13.1. The highest BCUT2D eigenvalue weighted by molar-refractivity contribution is 6.05. The predicted molar refractivity (Wildman–Crippen MR) is 114 cm³/mol. The van der Waals surface area contributed by atoms with Crippen molar-refractivity contribution in [1.82, 2.24) is 0 Å². The number of hydrogen-bond donors (Lipinski definition) is 1. The first-order valence-corrected chi connectivity index (χ1v) is 10.4. The molecule has 4 rings (SSSR count). The summed E-state index contributed by atoms with van der Waals surface area (Å²) in [7, 11) is 0. The number of fused-ring (bicyclic) bond motifs is 1. The first-order chi connectivity index (χ1) is 14.1. The Morgan fingerprint density at radius 1 is 1.10 bits per heavy atom. The molecule has 1 spiro atoms. The molecule has 1 saturated carbocycles. The fraction of sp³-hybridized carbons (Fsp3) is 0.458. The van der Waals surface area contributed by atoms with Crippen LogP contribution in [0.1, 0.15) is 39.0 Å². The zero-order chi connectivity index (χ0) is 20.3. The summed E-state index contributed by atoms with van der Waals surface area (Å²) in [6.45, 7) is 6.78. The van der Waals surface area contributed by atoms with Crippen LogP contribution in [0.4, 0.5) is 5.69 Å². The van der Waals surface area contributed by atoms with E-state index in [1.807, 2.05) is 43.3 Å². The molecule has 29 heavy (non-hydrogen) atoms. The number of nitrogens with one attached hydrogen (secondary N) is 1. The van der Waals surface area contributed by atoms with Gasteiger partial charge in [-0.1, -0.05) is 43.3 Å². The van der Waals surface area contributed by atoms with Gasteiger partial charge in [-0.2, -0.15) is 0 Å². The topological polar surface area (TPSA) is 56.8 Å². The van der Waals surface area contributed by atoms with Crippen LogP contribution in [0.15, 0.2) is 49.1 Å². The second-order valence-electron chi connectivity index (χ2n) is 8.32. The number of amides is 1. The van der Waals surface area contributed by atoms with Crippen molar-refractivity contribution in [2.45, 2.75) is 44.8 Å². The fourth-order valence-corrected chi connectivity index (χ4v) is 4.10. The van der Waals surface area contributed by atoms with E-state index in [0.29, 0.717) is 19.8 Å².